The first-order chi connectivity index (χ1) is 10.3. The second kappa shape index (κ2) is 4.99. The largest absolute Gasteiger partial charge is 0.377 e. The van der Waals surface area contributed by atoms with Gasteiger partial charge in [0, 0.05) is 24.0 Å². The molecular formula is C16H20F2N2O2. The molecule has 6 heteroatoms. The van der Waals surface area contributed by atoms with Crippen molar-refractivity contribution in [3.8, 4) is 0 Å². The highest BCUT2D eigenvalue weighted by molar-refractivity contribution is 6.00. The van der Waals surface area contributed by atoms with E-state index in [-0.39, 0.29) is 17.7 Å². The van der Waals surface area contributed by atoms with E-state index in [9.17, 15) is 13.6 Å². The smallest absolute Gasteiger partial charge is 0.245 e. The first kappa shape index (κ1) is 15.4. The highest BCUT2D eigenvalue weighted by atomic mass is 19.1. The summed E-state index contributed by atoms with van der Waals surface area (Å²) < 4.78 is 32.4. The van der Waals surface area contributed by atoms with Gasteiger partial charge in [0.1, 0.15) is 17.2 Å². The first-order valence-corrected chi connectivity index (χ1v) is 7.45. The van der Waals surface area contributed by atoms with Crippen molar-refractivity contribution in [1.82, 2.24) is 0 Å². The molecule has 3 atom stereocenters. The van der Waals surface area contributed by atoms with Crippen molar-refractivity contribution in [2.24, 2.45) is 17.1 Å². The van der Waals surface area contributed by atoms with E-state index in [0.29, 0.717) is 6.61 Å². The van der Waals surface area contributed by atoms with E-state index in [1.54, 1.807) is 0 Å². The fourth-order valence-corrected chi connectivity index (χ4v) is 3.85. The minimum absolute atomic E-state index is 0.0601. The summed E-state index contributed by atoms with van der Waals surface area (Å²) in [5.74, 6) is -2.04. The van der Waals surface area contributed by atoms with Gasteiger partial charge in [0.25, 0.3) is 0 Å². The summed E-state index contributed by atoms with van der Waals surface area (Å²) in [4.78, 5) is 12.7. The first-order valence-electron chi connectivity index (χ1n) is 7.45. The van der Waals surface area contributed by atoms with Crippen molar-refractivity contribution >= 4 is 11.6 Å². The molecule has 0 aromatic heterocycles. The summed E-state index contributed by atoms with van der Waals surface area (Å²) in [6.45, 7) is 4.45. The molecule has 0 bridgehead atoms. The molecule has 1 aliphatic heterocycles. The third-order valence-electron chi connectivity index (χ3n) is 5.24. The van der Waals surface area contributed by atoms with Crippen molar-refractivity contribution in [2.45, 2.75) is 38.3 Å². The van der Waals surface area contributed by atoms with Crippen LogP contribution in [0.1, 0.15) is 26.7 Å². The van der Waals surface area contributed by atoms with Crippen LogP contribution in [0.25, 0.3) is 0 Å². The summed E-state index contributed by atoms with van der Waals surface area (Å²) in [6, 6.07) is 3.03. The normalized spacial score (nSPS) is 32.8. The summed E-state index contributed by atoms with van der Waals surface area (Å²) in [6.07, 6.45) is 1.60. The van der Waals surface area contributed by atoms with Crippen LogP contribution in [-0.4, -0.2) is 24.2 Å². The molecule has 1 aromatic rings. The number of nitrogens with one attached hydrogen (secondary N) is 1. The third kappa shape index (κ3) is 1.97. The van der Waals surface area contributed by atoms with Crippen molar-refractivity contribution in [3.63, 3.8) is 0 Å². The van der Waals surface area contributed by atoms with Gasteiger partial charge in [0.15, 0.2) is 0 Å². The number of carbonyl (C=O) groups is 1. The maximum Gasteiger partial charge on any atom is 0.245 e. The predicted octanol–water partition coefficient (Wildman–Crippen LogP) is 2.44. The number of ether oxygens (including phenoxy) is 1. The molecule has 1 amide bonds. The lowest BCUT2D eigenvalue weighted by molar-refractivity contribution is -0.222. The molecule has 0 radical (unpaired) electrons. The molecule has 2 aliphatic rings. The Morgan fingerprint density at radius 2 is 2.14 bits per heavy atom. The molecule has 1 saturated heterocycles. The van der Waals surface area contributed by atoms with Crippen molar-refractivity contribution in [1.29, 1.82) is 0 Å². The Hall–Kier alpha value is -1.53. The van der Waals surface area contributed by atoms with Gasteiger partial charge in [0.2, 0.25) is 5.91 Å². The van der Waals surface area contributed by atoms with Gasteiger partial charge >= 0.3 is 0 Å². The van der Waals surface area contributed by atoms with Crippen LogP contribution in [0.3, 0.4) is 0 Å². The van der Waals surface area contributed by atoms with Gasteiger partial charge in [-0.25, -0.2) is 8.78 Å². The minimum Gasteiger partial charge on any atom is -0.377 e. The summed E-state index contributed by atoms with van der Waals surface area (Å²) in [7, 11) is 0. The minimum atomic E-state index is -1.13. The Labute approximate surface area is 128 Å². The number of hydrogen-bond donors (Lipinski definition) is 2. The molecule has 0 spiro atoms. The van der Waals surface area contributed by atoms with Gasteiger partial charge in [-0.3, -0.25) is 4.79 Å². The lowest BCUT2D eigenvalue weighted by Gasteiger charge is -2.65. The van der Waals surface area contributed by atoms with Crippen molar-refractivity contribution < 1.29 is 18.3 Å². The number of benzene rings is 1. The lowest BCUT2D eigenvalue weighted by Crippen LogP contribution is -2.81. The number of halogens is 2. The second-order valence-electron chi connectivity index (χ2n) is 6.71. The molecule has 3 N–H and O–H groups in total. The van der Waals surface area contributed by atoms with Crippen molar-refractivity contribution in [2.75, 3.05) is 11.9 Å². The van der Waals surface area contributed by atoms with E-state index in [1.807, 2.05) is 13.8 Å². The quantitative estimate of drug-likeness (QED) is 0.882. The fraction of sp³-hybridized carbons (Fsp3) is 0.562. The van der Waals surface area contributed by atoms with Crippen LogP contribution >= 0.6 is 0 Å². The zero-order chi connectivity index (χ0) is 16.1. The van der Waals surface area contributed by atoms with Crippen molar-refractivity contribution in [3.05, 3.63) is 29.8 Å². The van der Waals surface area contributed by atoms with Crippen LogP contribution in [0, 0.1) is 23.0 Å². The second-order valence-corrected chi connectivity index (χ2v) is 6.71. The Morgan fingerprint density at radius 1 is 1.41 bits per heavy atom. The number of anilines is 1. The summed E-state index contributed by atoms with van der Waals surface area (Å²) in [5, 5.41) is 2.51. The van der Waals surface area contributed by atoms with Gasteiger partial charge in [-0.15, -0.1) is 0 Å². The Morgan fingerprint density at radius 3 is 2.82 bits per heavy atom. The Kier molecular flexibility index (Phi) is 3.49. The van der Waals surface area contributed by atoms with E-state index in [0.717, 1.165) is 25.0 Å². The number of amides is 1. The fourth-order valence-electron chi connectivity index (χ4n) is 3.85. The molecular weight excluding hydrogens is 290 g/mol. The zero-order valence-corrected chi connectivity index (χ0v) is 12.7. The van der Waals surface area contributed by atoms with Crippen LogP contribution in [0.5, 0.6) is 0 Å². The van der Waals surface area contributed by atoms with E-state index in [2.05, 4.69) is 5.32 Å². The van der Waals surface area contributed by atoms with Gasteiger partial charge in [-0.05, 0) is 25.0 Å². The number of fused-ring (bicyclic) bond motifs is 1. The van der Waals surface area contributed by atoms with E-state index < -0.39 is 28.5 Å². The third-order valence-corrected chi connectivity index (χ3v) is 5.24. The molecule has 120 valence electrons. The monoisotopic (exact) mass is 310 g/mol. The standard InChI is InChI=1S/C16H20F2N2O2/c1-15(2)13-10(4-3-7-22-13)16(15,19)14(21)20-12-6-5-9(17)8-11(12)18/h5-6,8,10,13H,3-4,7,19H2,1-2H3,(H,20,21). The van der Waals surface area contributed by atoms with Gasteiger partial charge < -0.3 is 15.8 Å². The molecule has 4 nitrogen and oxygen atoms in total. The molecule has 1 saturated carbocycles. The molecule has 1 heterocycles. The lowest BCUT2D eigenvalue weighted by atomic mass is 9.46. The zero-order valence-electron chi connectivity index (χ0n) is 12.7. The highest BCUT2D eigenvalue weighted by Crippen LogP contribution is 2.57. The summed E-state index contributed by atoms with van der Waals surface area (Å²) in [5.41, 5.74) is 4.69. The van der Waals surface area contributed by atoms with Crippen LogP contribution < -0.4 is 11.1 Å². The van der Waals surface area contributed by atoms with E-state index in [1.165, 1.54) is 6.07 Å². The van der Waals surface area contributed by atoms with Crippen LogP contribution in [-0.2, 0) is 9.53 Å². The summed E-state index contributed by atoms with van der Waals surface area (Å²) >= 11 is 0. The number of rotatable bonds is 2. The van der Waals surface area contributed by atoms with E-state index in [4.69, 9.17) is 10.5 Å². The number of nitrogens with two attached hydrogens (primary N) is 1. The average Bonchev–Trinajstić information content (AvgIpc) is 2.49. The molecule has 1 aromatic carbocycles. The molecule has 3 rings (SSSR count). The Bertz CT molecular complexity index is 620. The number of carbonyl (C=O) groups excluding carboxylic acids is 1. The molecule has 22 heavy (non-hydrogen) atoms. The van der Waals surface area contributed by atoms with Gasteiger partial charge in [-0.2, -0.15) is 0 Å². The maximum absolute atomic E-state index is 13.7. The number of hydrogen-bond acceptors (Lipinski definition) is 3. The predicted molar refractivity (Wildman–Crippen MR) is 78.2 cm³/mol. The van der Waals surface area contributed by atoms with Gasteiger partial charge in [0.05, 0.1) is 11.8 Å². The maximum atomic E-state index is 13.7. The molecule has 1 aliphatic carbocycles. The van der Waals surface area contributed by atoms with Crippen LogP contribution in [0.15, 0.2) is 18.2 Å². The molecule has 3 unspecified atom stereocenters. The SMILES string of the molecule is CC1(C)C2OCCCC2C1(N)C(=O)Nc1ccc(F)cc1F. The van der Waals surface area contributed by atoms with E-state index >= 15 is 0 Å². The molecule has 2 fully saturated rings. The highest BCUT2D eigenvalue weighted by Gasteiger charge is 2.70. The topological polar surface area (TPSA) is 64.3 Å². The van der Waals surface area contributed by atoms with Crippen LogP contribution in [0.2, 0.25) is 0 Å². The Balaban J connectivity index is 1.84. The average molecular weight is 310 g/mol. The van der Waals surface area contributed by atoms with Gasteiger partial charge in [-0.1, -0.05) is 13.8 Å². The van der Waals surface area contributed by atoms with Crippen LogP contribution in [0.4, 0.5) is 14.5 Å².